The first-order chi connectivity index (χ1) is 18.6. The molecule has 0 amide bonds. The summed E-state index contributed by atoms with van der Waals surface area (Å²) in [6.07, 6.45) is 4.72. The van der Waals surface area contributed by atoms with Gasteiger partial charge in [-0.2, -0.15) is 0 Å². The first-order valence-corrected chi connectivity index (χ1v) is 13.7. The van der Waals surface area contributed by atoms with Crippen molar-refractivity contribution < 1.29 is 19.1 Å². The molecule has 204 valence electrons. The van der Waals surface area contributed by atoms with Crippen molar-refractivity contribution in [2.24, 2.45) is 0 Å². The van der Waals surface area contributed by atoms with Crippen LogP contribution in [0.5, 0.6) is 0 Å². The zero-order valence-electron chi connectivity index (χ0n) is 22.4. The molecule has 2 N–H and O–H groups in total. The van der Waals surface area contributed by atoms with E-state index in [1.165, 1.54) is 39.9 Å². The van der Waals surface area contributed by atoms with Crippen LogP contribution in [0.4, 0.5) is 11.4 Å². The third-order valence-electron chi connectivity index (χ3n) is 7.40. The first kappa shape index (κ1) is 26.4. The van der Waals surface area contributed by atoms with Crippen LogP contribution in [0.15, 0.2) is 24.3 Å². The summed E-state index contributed by atoms with van der Waals surface area (Å²) in [4.78, 5) is 36.9. The van der Waals surface area contributed by atoms with E-state index in [0.29, 0.717) is 23.2 Å². The second-order valence-electron chi connectivity index (χ2n) is 10.3. The Balaban J connectivity index is 0.000000155. The lowest BCUT2D eigenvalue weighted by molar-refractivity contribution is 0.0585. The zero-order chi connectivity index (χ0) is 26.5. The van der Waals surface area contributed by atoms with Crippen molar-refractivity contribution in [1.29, 1.82) is 0 Å². The van der Waals surface area contributed by atoms with E-state index >= 15 is 0 Å². The van der Waals surface area contributed by atoms with Crippen molar-refractivity contribution in [3.8, 4) is 0 Å². The standard InChI is InChI=1S/2C14H19N3O2/c2*1-19-14(18)13-9-11(17-6-4-15-5-7-17)8-12(16-13)10-2-3-10/h2*8-10,15H,2-7H2,1H3. The number of ether oxygens (including phenoxy) is 2. The van der Waals surface area contributed by atoms with Crippen LogP contribution in [-0.2, 0) is 9.47 Å². The second kappa shape index (κ2) is 12.1. The summed E-state index contributed by atoms with van der Waals surface area (Å²) in [7, 11) is 2.80. The molecule has 0 spiro atoms. The van der Waals surface area contributed by atoms with E-state index in [1.807, 2.05) is 12.1 Å². The minimum absolute atomic E-state index is 0.348. The van der Waals surface area contributed by atoms with E-state index in [1.54, 1.807) is 0 Å². The molecule has 2 saturated carbocycles. The van der Waals surface area contributed by atoms with Gasteiger partial charge in [0.1, 0.15) is 0 Å². The Morgan fingerprint density at radius 1 is 0.684 bits per heavy atom. The van der Waals surface area contributed by atoms with E-state index in [9.17, 15) is 9.59 Å². The molecule has 4 fully saturated rings. The molecule has 0 unspecified atom stereocenters. The van der Waals surface area contributed by atoms with Crippen LogP contribution < -0.4 is 20.4 Å². The van der Waals surface area contributed by atoms with Crippen molar-refractivity contribution >= 4 is 23.3 Å². The summed E-state index contributed by atoms with van der Waals surface area (Å²) in [6.45, 7) is 7.79. The molecule has 0 atom stereocenters. The number of esters is 2. The fourth-order valence-electron chi connectivity index (χ4n) is 4.88. The molecule has 0 bridgehead atoms. The fraction of sp³-hybridized carbons (Fsp3) is 0.571. The minimum atomic E-state index is -0.348. The van der Waals surface area contributed by atoms with Crippen molar-refractivity contribution in [3.05, 3.63) is 47.0 Å². The minimum Gasteiger partial charge on any atom is -0.464 e. The van der Waals surface area contributed by atoms with Gasteiger partial charge in [-0.1, -0.05) is 0 Å². The number of methoxy groups -OCH3 is 2. The summed E-state index contributed by atoms with van der Waals surface area (Å²) in [5, 5.41) is 6.67. The largest absolute Gasteiger partial charge is 0.464 e. The Morgan fingerprint density at radius 2 is 1.05 bits per heavy atom. The lowest BCUT2D eigenvalue weighted by atomic mass is 10.2. The number of hydrogen-bond acceptors (Lipinski definition) is 10. The number of nitrogens with zero attached hydrogens (tertiary/aromatic N) is 4. The molecular weight excluding hydrogens is 484 g/mol. The number of pyridine rings is 2. The number of piperazine rings is 2. The molecule has 2 saturated heterocycles. The van der Waals surface area contributed by atoms with Gasteiger partial charge in [-0.05, 0) is 49.9 Å². The third kappa shape index (κ3) is 6.60. The van der Waals surface area contributed by atoms with Crippen LogP contribution in [0, 0.1) is 0 Å². The maximum absolute atomic E-state index is 11.7. The highest BCUT2D eigenvalue weighted by Crippen LogP contribution is 2.41. The highest BCUT2D eigenvalue weighted by molar-refractivity contribution is 5.89. The van der Waals surface area contributed by atoms with Gasteiger partial charge in [-0.15, -0.1) is 0 Å². The number of nitrogens with one attached hydrogen (secondary N) is 2. The molecule has 2 aromatic heterocycles. The Hall–Kier alpha value is -3.24. The SMILES string of the molecule is COC(=O)c1cc(N2CCNCC2)cc(C2CC2)n1.COC(=O)c1cc(N2CCNCC2)cc(C2CC2)n1. The molecule has 6 rings (SSSR count). The second-order valence-corrected chi connectivity index (χ2v) is 10.3. The molecule has 38 heavy (non-hydrogen) atoms. The molecule has 2 aliphatic carbocycles. The highest BCUT2D eigenvalue weighted by Gasteiger charge is 2.28. The van der Waals surface area contributed by atoms with Crippen molar-refractivity contribution in [1.82, 2.24) is 20.6 Å². The number of anilines is 2. The van der Waals surface area contributed by atoms with E-state index in [4.69, 9.17) is 9.47 Å². The fourth-order valence-corrected chi connectivity index (χ4v) is 4.88. The molecule has 0 radical (unpaired) electrons. The number of carbonyl (C=O) groups excluding carboxylic acids is 2. The number of hydrogen-bond donors (Lipinski definition) is 2. The summed E-state index contributed by atoms with van der Waals surface area (Å²) in [6, 6.07) is 7.97. The average molecular weight is 523 g/mol. The lowest BCUT2D eigenvalue weighted by Gasteiger charge is -2.29. The van der Waals surface area contributed by atoms with Gasteiger partial charge in [0.2, 0.25) is 0 Å². The van der Waals surface area contributed by atoms with Gasteiger partial charge < -0.3 is 29.9 Å². The van der Waals surface area contributed by atoms with Gasteiger partial charge in [0, 0.05) is 87.0 Å². The van der Waals surface area contributed by atoms with Gasteiger partial charge in [0.25, 0.3) is 0 Å². The predicted octanol–water partition coefficient (Wildman–Crippen LogP) is 2.31. The van der Waals surface area contributed by atoms with Gasteiger partial charge in [0.15, 0.2) is 11.4 Å². The summed E-state index contributed by atoms with van der Waals surface area (Å²) >= 11 is 0. The monoisotopic (exact) mass is 522 g/mol. The van der Waals surface area contributed by atoms with Crippen molar-refractivity contribution in [2.75, 3.05) is 76.4 Å². The van der Waals surface area contributed by atoms with Crippen LogP contribution in [0.1, 0.15) is 69.9 Å². The number of aromatic nitrogens is 2. The van der Waals surface area contributed by atoms with Gasteiger partial charge >= 0.3 is 11.9 Å². The molecule has 2 aliphatic heterocycles. The van der Waals surface area contributed by atoms with Gasteiger partial charge in [-0.25, -0.2) is 19.6 Å². The number of carbonyl (C=O) groups is 2. The molecule has 10 nitrogen and oxygen atoms in total. The van der Waals surface area contributed by atoms with E-state index in [-0.39, 0.29) is 11.9 Å². The zero-order valence-corrected chi connectivity index (χ0v) is 22.4. The number of rotatable bonds is 6. The molecule has 4 heterocycles. The quantitative estimate of drug-likeness (QED) is 0.549. The average Bonchev–Trinajstić information content (AvgIpc) is 3.90. The summed E-state index contributed by atoms with van der Waals surface area (Å²) < 4.78 is 9.60. The van der Waals surface area contributed by atoms with E-state index in [0.717, 1.165) is 75.1 Å². The Kier molecular flexibility index (Phi) is 8.38. The van der Waals surface area contributed by atoms with Crippen molar-refractivity contribution in [2.45, 2.75) is 37.5 Å². The molecule has 4 aliphatic rings. The van der Waals surface area contributed by atoms with E-state index in [2.05, 4.69) is 42.5 Å². The topological polar surface area (TPSA) is 109 Å². The van der Waals surface area contributed by atoms with Gasteiger partial charge in [-0.3, -0.25) is 0 Å². The van der Waals surface area contributed by atoms with Crippen LogP contribution in [0.2, 0.25) is 0 Å². The smallest absolute Gasteiger partial charge is 0.356 e. The Morgan fingerprint density at radius 3 is 1.37 bits per heavy atom. The van der Waals surface area contributed by atoms with Crippen molar-refractivity contribution in [3.63, 3.8) is 0 Å². The maximum Gasteiger partial charge on any atom is 0.356 e. The van der Waals surface area contributed by atoms with Crippen LogP contribution in [0.25, 0.3) is 0 Å². The summed E-state index contributed by atoms with van der Waals surface area (Å²) in [5.74, 6) is 0.371. The molecule has 10 heteroatoms. The predicted molar refractivity (Wildman–Crippen MR) is 145 cm³/mol. The van der Waals surface area contributed by atoms with E-state index < -0.39 is 0 Å². The molecule has 0 aromatic carbocycles. The molecule has 2 aromatic rings. The van der Waals surface area contributed by atoms with Crippen LogP contribution >= 0.6 is 0 Å². The highest BCUT2D eigenvalue weighted by atomic mass is 16.5. The van der Waals surface area contributed by atoms with Crippen LogP contribution in [-0.4, -0.2) is 88.5 Å². The summed E-state index contributed by atoms with van der Waals surface area (Å²) in [5.41, 5.74) is 5.13. The first-order valence-electron chi connectivity index (χ1n) is 13.7. The van der Waals surface area contributed by atoms with Gasteiger partial charge in [0.05, 0.1) is 14.2 Å². The maximum atomic E-state index is 11.7. The third-order valence-corrected chi connectivity index (χ3v) is 7.40. The molecular formula is C28H38N6O4. The Labute approximate surface area is 224 Å². The van der Waals surface area contributed by atoms with Crippen LogP contribution in [0.3, 0.4) is 0 Å². The lowest BCUT2D eigenvalue weighted by Crippen LogP contribution is -2.43. The Bertz CT molecular complexity index is 1050. The normalized spacial score (nSPS) is 19.3.